The zero-order valence-corrected chi connectivity index (χ0v) is 17.1. The fourth-order valence-corrected chi connectivity index (χ4v) is 4.58. The molecule has 7 heteroatoms. The van der Waals surface area contributed by atoms with E-state index in [0.29, 0.717) is 37.7 Å². The van der Waals surface area contributed by atoms with Gasteiger partial charge >= 0.3 is 0 Å². The summed E-state index contributed by atoms with van der Waals surface area (Å²) >= 11 is 0. The largest absolute Gasteiger partial charge is 0.493 e. The third kappa shape index (κ3) is 4.72. The number of carbonyl (C=O) groups is 1. The lowest BCUT2D eigenvalue weighted by Crippen LogP contribution is -2.50. The molecule has 0 N–H and O–H groups in total. The van der Waals surface area contributed by atoms with Gasteiger partial charge in [0.2, 0.25) is 15.9 Å². The Balaban J connectivity index is 1.50. The van der Waals surface area contributed by atoms with Crippen LogP contribution in [0.2, 0.25) is 0 Å². The topological polar surface area (TPSA) is 66.9 Å². The second-order valence-corrected chi connectivity index (χ2v) is 8.90. The minimum Gasteiger partial charge on any atom is -0.493 e. The number of piperazine rings is 1. The summed E-state index contributed by atoms with van der Waals surface area (Å²) in [7, 11) is -3.51. The SMILES string of the molecule is Cc1ccc(S(=O)(=O)N2CCN(C(=O)CCOc3ccccc3C)CC2)cc1. The maximum atomic E-state index is 12.7. The normalized spacial score (nSPS) is 15.4. The summed E-state index contributed by atoms with van der Waals surface area (Å²) < 4.78 is 32.6. The molecule has 0 radical (unpaired) electrons. The van der Waals surface area contributed by atoms with Crippen molar-refractivity contribution in [3.8, 4) is 5.75 Å². The second kappa shape index (κ2) is 8.75. The molecule has 2 aromatic carbocycles. The Morgan fingerprint density at radius 1 is 0.964 bits per heavy atom. The van der Waals surface area contributed by atoms with Gasteiger partial charge in [0.15, 0.2) is 0 Å². The van der Waals surface area contributed by atoms with Crippen molar-refractivity contribution in [1.29, 1.82) is 0 Å². The third-order valence-electron chi connectivity index (χ3n) is 4.92. The quantitative estimate of drug-likeness (QED) is 0.745. The smallest absolute Gasteiger partial charge is 0.243 e. The molecule has 0 spiro atoms. The number of sulfonamides is 1. The van der Waals surface area contributed by atoms with E-state index in [0.717, 1.165) is 16.9 Å². The lowest BCUT2D eigenvalue weighted by molar-refractivity contribution is -0.132. The highest BCUT2D eigenvalue weighted by molar-refractivity contribution is 7.89. The molecule has 2 aromatic rings. The average Bonchev–Trinajstić information content (AvgIpc) is 2.70. The molecule has 1 saturated heterocycles. The van der Waals surface area contributed by atoms with E-state index in [1.165, 1.54) is 4.31 Å². The van der Waals surface area contributed by atoms with Gasteiger partial charge in [0.05, 0.1) is 17.9 Å². The Kier molecular flexibility index (Phi) is 6.36. The lowest BCUT2D eigenvalue weighted by Gasteiger charge is -2.34. The van der Waals surface area contributed by atoms with Gasteiger partial charge in [-0.25, -0.2) is 8.42 Å². The van der Waals surface area contributed by atoms with Crippen molar-refractivity contribution in [3.05, 3.63) is 59.7 Å². The molecule has 0 aromatic heterocycles. The van der Waals surface area contributed by atoms with Gasteiger partial charge < -0.3 is 9.64 Å². The number of amides is 1. The summed E-state index contributed by atoms with van der Waals surface area (Å²) in [6, 6.07) is 14.5. The highest BCUT2D eigenvalue weighted by Crippen LogP contribution is 2.19. The van der Waals surface area contributed by atoms with E-state index >= 15 is 0 Å². The molecule has 1 aliphatic heterocycles. The zero-order valence-electron chi connectivity index (χ0n) is 16.3. The van der Waals surface area contributed by atoms with Gasteiger partial charge in [0.25, 0.3) is 0 Å². The number of aryl methyl sites for hydroxylation is 2. The molecule has 0 atom stereocenters. The number of hydrogen-bond donors (Lipinski definition) is 0. The number of ether oxygens (including phenoxy) is 1. The van der Waals surface area contributed by atoms with Crippen LogP contribution in [0.15, 0.2) is 53.4 Å². The first kappa shape index (κ1) is 20.4. The molecular formula is C21H26N2O4S. The van der Waals surface area contributed by atoms with E-state index in [4.69, 9.17) is 4.74 Å². The Morgan fingerprint density at radius 3 is 2.25 bits per heavy atom. The Labute approximate surface area is 166 Å². The van der Waals surface area contributed by atoms with E-state index in [1.807, 2.05) is 38.1 Å². The van der Waals surface area contributed by atoms with Crippen molar-refractivity contribution < 1.29 is 17.9 Å². The Bertz CT molecular complexity index is 918. The van der Waals surface area contributed by atoms with Crippen LogP contribution in [-0.2, 0) is 14.8 Å². The highest BCUT2D eigenvalue weighted by atomic mass is 32.2. The van der Waals surface area contributed by atoms with Gasteiger partial charge in [-0.05, 0) is 37.6 Å². The van der Waals surface area contributed by atoms with Crippen LogP contribution in [-0.4, -0.2) is 56.3 Å². The molecule has 1 heterocycles. The minimum absolute atomic E-state index is 0.0130. The molecule has 0 bridgehead atoms. The first-order valence-electron chi connectivity index (χ1n) is 9.41. The predicted octanol–water partition coefficient (Wildman–Crippen LogP) is 2.61. The number of rotatable bonds is 6. The number of hydrogen-bond acceptors (Lipinski definition) is 4. The molecule has 0 unspecified atom stereocenters. The molecule has 1 amide bonds. The van der Waals surface area contributed by atoms with Crippen LogP contribution < -0.4 is 4.74 Å². The van der Waals surface area contributed by atoms with Crippen LogP contribution >= 0.6 is 0 Å². The minimum atomic E-state index is -3.51. The van der Waals surface area contributed by atoms with Crippen LogP contribution in [0.1, 0.15) is 17.5 Å². The summed E-state index contributed by atoms with van der Waals surface area (Å²) in [6.07, 6.45) is 0.277. The fourth-order valence-electron chi connectivity index (χ4n) is 3.16. The molecular weight excluding hydrogens is 376 g/mol. The second-order valence-electron chi connectivity index (χ2n) is 6.96. The maximum absolute atomic E-state index is 12.7. The van der Waals surface area contributed by atoms with Gasteiger partial charge in [0.1, 0.15) is 5.75 Å². The fraction of sp³-hybridized carbons (Fsp3) is 0.381. The first-order valence-corrected chi connectivity index (χ1v) is 10.8. The van der Waals surface area contributed by atoms with Crippen molar-refractivity contribution in [2.24, 2.45) is 0 Å². The van der Waals surface area contributed by atoms with Gasteiger partial charge in [-0.1, -0.05) is 35.9 Å². The van der Waals surface area contributed by atoms with Crippen molar-refractivity contribution in [2.75, 3.05) is 32.8 Å². The van der Waals surface area contributed by atoms with Crippen molar-refractivity contribution >= 4 is 15.9 Å². The van der Waals surface area contributed by atoms with Crippen molar-refractivity contribution in [2.45, 2.75) is 25.2 Å². The summed E-state index contributed by atoms with van der Waals surface area (Å²) in [6.45, 7) is 5.60. The van der Waals surface area contributed by atoms with Crippen LogP contribution in [0.4, 0.5) is 0 Å². The van der Waals surface area contributed by atoms with Gasteiger partial charge in [0, 0.05) is 26.2 Å². The summed E-state index contributed by atoms with van der Waals surface area (Å²) in [5.74, 6) is 0.769. The predicted molar refractivity (Wildman–Crippen MR) is 108 cm³/mol. The summed E-state index contributed by atoms with van der Waals surface area (Å²) in [5.41, 5.74) is 2.05. The van der Waals surface area contributed by atoms with Crippen LogP contribution in [0, 0.1) is 13.8 Å². The van der Waals surface area contributed by atoms with Gasteiger partial charge in [-0.15, -0.1) is 0 Å². The lowest BCUT2D eigenvalue weighted by atomic mass is 10.2. The molecule has 1 fully saturated rings. The van der Waals surface area contributed by atoms with E-state index in [2.05, 4.69) is 0 Å². The van der Waals surface area contributed by atoms with Crippen molar-refractivity contribution in [1.82, 2.24) is 9.21 Å². The summed E-state index contributed by atoms with van der Waals surface area (Å²) in [4.78, 5) is 14.4. The molecule has 28 heavy (non-hydrogen) atoms. The molecule has 0 saturated carbocycles. The third-order valence-corrected chi connectivity index (χ3v) is 6.83. The number of nitrogens with zero attached hydrogens (tertiary/aromatic N) is 2. The van der Waals surface area contributed by atoms with Gasteiger partial charge in [-0.3, -0.25) is 4.79 Å². The van der Waals surface area contributed by atoms with Gasteiger partial charge in [-0.2, -0.15) is 4.31 Å². The Hall–Kier alpha value is -2.38. The summed E-state index contributed by atoms with van der Waals surface area (Å²) in [5, 5.41) is 0. The van der Waals surface area contributed by atoms with Crippen LogP contribution in [0.3, 0.4) is 0 Å². The molecule has 3 rings (SSSR count). The van der Waals surface area contributed by atoms with E-state index in [9.17, 15) is 13.2 Å². The maximum Gasteiger partial charge on any atom is 0.243 e. The Morgan fingerprint density at radius 2 is 1.61 bits per heavy atom. The number of benzene rings is 2. The molecule has 6 nitrogen and oxygen atoms in total. The van der Waals surface area contributed by atoms with Crippen LogP contribution in [0.5, 0.6) is 5.75 Å². The standard InChI is InChI=1S/C21H26N2O4S/c1-17-7-9-19(10-8-17)28(25,26)23-14-12-22(13-15-23)21(24)11-16-27-20-6-4-3-5-18(20)2/h3-10H,11-16H2,1-2H3. The van der Waals surface area contributed by atoms with E-state index < -0.39 is 10.0 Å². The van der Waals surface area contributed by atoms with Crippen LogP contribution in [0.25, 0.3) is 0 Å². The van der Waals surface area contributed by atoms with Crippen molar-refractivity contribution in [3.63, 3.8) is 0 Å². The first-order chi connectivity index (χ1) is 13.4. The monoisotopic (exact) mass is 402 g/mol. The number of para-hydroxylation sites is 1. The molecule has 1 aliphatic rings. The molecule has 0 aliphatic carbocycles. The zero-order chi connectivity index (χ0) is 20.1. The van der Waals surface area contributed by atoms with E-state index in [1.54, 1.807) is 29.2 Å². The molecule has 150 valence electrons. The average molecular weight is 403 g/mol. The highest BCUT2D eigenvalue weighted by Gasteiger charge is 2.29. The number of carbonyl (C=O) groups excluding carboxylic acids is 1. The van der Waals surface area contributed by atoms with E-state index in [-0.39, 0.29) is 12.3 Å².